The van der Waals surface area contributed by atoms with Crippen LogP contribution in [0.4, 0.5) is 11.4 Å². The zero-order valence-electron chi connectivity index (χ0n) is 14.1. The molecule has 1 unspecified atom stereocenters. The van der Waals surface area contributed by atoms with Gasteiger partial charge in [0.25, 0.3) is 5.91 Å². The minimum absolute atomic E-state index is 0.0555. The Kier molecular flexibility index (Phi) is 6.33. The summed E-state index contributed by atoms with van der Waals surface area (Å²) in [5.41, 5.74) is 0.412. The summed E-state index contributed by atoms with van der Waals surface area (Å²) in [6, 6.07) is 12.9. The Morgan fingerprint density at radius 1 is 1.20 bits per heavy atom. The molecule has 132 valence electrons. The molecule has 7 nitrogen and oxygen atoms in total. The van der Waals surface area contributed by atoms with Crippen molar-refractivity contribution in [3.8, 4) is 11.5 Å². The number of nitrogens with one attached hydrogen (secondary N) is 1. The molecule has 0 fully saturated rings. The van der Waals surface area contributed by atoms with Gasteiger partial charge in [-0.2, -0.15) is 0 Å². The molecular weight excluding hydrogens is 324 g/mol. The standard InChI is InChI=1S/C18H20N2O5/c1-3-13(2)25-15-10-8-14(9-11-15)19-18(21)12-24-17-7-5-4-6-16(17)20(22)23/h4-11,13H,3,12H2,1-2H3,(H,19,21). The maximum atomic E-state index is 11.9. The molecule has 0 radical (unpaired) electrons. The second kappa shape index (κ2) is 8.68. The largest absolute Gasteiger partial charge is 0.491 e. The zero-order chi connectivity index (χ0) is 18.2. The zero-order valence-corrected chi connectivity index (χ0v) is 14.1. The van der Waals surface area contributed by atoms with Gasteiger partial charge < -0.3 is 14.8 Å². The highest BCUT2D eigenvalue weighted by Gasteiger charge is 2.15. The van der Waals surface area contributed by atoms with Gasteiger partial charge in [-0.05, 0) is 43.7 Å². The Hall–Kier alpha value is -3.09. The highest BCUT2D eigenvalue weighted by Crippen LogP contribution is 2.25. The van der Waals surface area contributed by atoms with Crippen LogP contribution in [0.5, 0.6) is 11.5 Å². The van der Waals surface area contributed by atoms with Gasteiger partial charge in [-0.3, -0.25) is 14.9 Å². The van der Waals surface area contributed by atoms with Crippen LogP contribution in [0, 0.1) is 10.1 Å². The lowest BCUT2D eigenvalue weighted by Crippen LogP contribution is -2.20. The van der Waals surface area contributed by atoms with Crippen molar-refractivity contribution < 1.29 is 19.2 Å². The van der Waals surface area contributed by atoms with Crippen molar-refractivity contribution in [2.45, 2.75) is 26.4 Å². The average molecular weight is 344 g/mol. The summed E-state index contributed by atoms with van der Waals surface area (Å²) in [5.74, 6) is 0.372. The van der Waals surface area contributed by atoms with E-state index in [1.807, 2.05) is 13.8 Å². The molecule has 0 saturated carbocycles. The normalized spacial score (nSPS) is 11.4. The van der Waals surface area contributed by atoms with Gasteiger partial charge in [0.15, 0.2) is 12.4 Å². The maximum Gasteiger partial charge on any atom is 0.310 e. The van der Waals surface area contributed by atoms with Crippen LogP contribution < -0.4 is 14.8 Å². The van der Waals surface area contributed by atoms with Crippen LogP contribution in [0.25, 0.3) is 0 Å². The van der Waals surface area contributed by atoms with E-state index in [0.717, 1.165) is 12.2 Å². The third-order valence-corrected chi connectivity index (χ3v) is 3.47. The van der Waals surface area contributed by atoms with E-state index in [0.29, 0.717) is 5.69 Å². The lowest BCUT2D eigenvalue weighted by atomic mass is 10.2. The molecule has 0 saturated heterocycles. The topological polar surface area (TPSA) is 90.7 Å². The molecular formula is C18H20N2O5. The fourth-order valence-corrected chi connectivity index (χ4v) is 2.00. The number of anilines is 1. The van der Waals surface area contributed by atoms with Crippen LogP contribution in [0.3, 0.4) is 0 Å². The summed E-state index contributed by atoms with van der Waals surface area (Å²) in [6.07, 6.45) is 1.03. The fraction of sp³-hybridized carbons (Fsp3) is 0.278. The minimum atomic E-state index is -0.552. The highest BCUT2D eigenvalue weighted by molar-refractivity contribution is 5.91. The van der Waals surface area contributed by atoms with Crippen molar-refractivity contribution >= 4 is 17.3 Å². The first-order chi connectivity index (χ1) is 12.0. The average Bonchev–Trinajstić information content (AvgIpc) is 2.61. The van der Waals surface area contributed by atoms with E-state index >= 15 is 0 Å². The molecule has 2 aromatic rings. The molecule has 0 bridgehead atoms. The van der Waals surface area contributed by atoms with Crippen molar-refractivity contribution in [1.29, 1.82) is 0 Å². The summed E-state index contributed by atoms with van der Waals surface area (Å²) < 4.78 is 10.9. The van der Waals surface area contributed by atoms with Crippen LogP contribution in [-0.2, 0) is 4.79 Å². The number of benzene rings is 2. The van der Waals surface area contributed by atoms with Crippen molar-refractivity contribution in [3.63, 3.8) is 0 Å². The number of ether oxygens (including phenoxy) is 2. The predicted molar refractivity (Wildman–Crippen MR) is 94.0 cm³/mol. The molecule has 1 atom stereocenters. The monoisotopic (exact) mass is 344 g/mol. The first-order valence-electron chi connectivity index (χ1n) is 7.92. The van der Waals surface area contributed by atoms with E-state index in [9.17, 15) is 14.9 Å². The number of amides is 1. The van der Waals surface area contributed by atoms with E-state index in [-0.39, 0.29) is 24.1 Å². The smallest absolute Gasteiger partial charge is 0.310 e. The number of hydrogen-bond donors (Lipinski definition) is 1. The van der Waals surface area contributed by atoms with Gasteiger partial charge in [-0.15, -0.1) is 0 Å². The van der Waals surface area contributed by atoms with Crippen molar-refractivity contribution in [3.05, 3.63) is 58.6 Å². The van der Waals surface area contributed by atoms with Crippen LogP contribution in [0.15, 0.2) is 48.5 Å². The second-order valence-corrected chi connectivity index (χ2v) is 5.42. The van der Waals surface area contributed by atoms with E-state index < -0.39 is 10.8 Å². The third-order valence-electron chi connectivity index (χ3n) is 3.47. The van der Waals surface area contributed by atoms with Crippen molar-refractivity contribution in [1.82, 2.24) is 0 Å². The lowest BCUT2D eigenvalue weighted by Gasteiger charge is -2.13. The van der Waals surface area contributed by atoms with Crippen LogP contribution in [0.2, 0.25) is 0 Å². The Morgan fingerprint density at radius 2 is 1.88 bits per heavy atom. The van der Waals surface area contributed by atoms with Gasteiger partial charge in [0, 0.05) is 11.8 Å². The lowest BCUT2D eigenvalue weighted by molar-refractivity contribution is -0.385. The summed E-state index contributed by atoms with van der Waals surface area (Å²) >= 11 is 0. The summed E-state index contributed by atoms with van der Waals surface area (Å²) in [7, 11) is 0. The Balaban J connectivity index is 1.89. The maximum absolute atomic E-state index is 11.9. The van der Waals surface area contributed by atoms with Crippen LogP contribution >= 0.6 is 0 Å². The SMILES string of the molecule is CCC(C)Oc1ccc(NC(=O)COc2ccccc2[N+](=O)[O-])cc1. The molecule has 1 amide bonds. The number of carbonyl (C=O) groups is 1. The summed E-state index contributed by atoms with van der Waals surface area (Å²) in [4.78, 5) is 22.3. The van der Waals surface area contributed by atoms with Crippen LogP contribution in [-0.4, -0.2) is 23.5 Å². The van der Waals surface area contributed by atoms with Gasteiger partial charge in [0.2, 0.25) is 0 Å². The number of nitrogens with zero attached hydrogens (tertiary/aromatic N) is 1. The summed E-state index contributed by atoms with van der Waals surface area (Å²) in [5, 5.41) is 13.6. The first kappa shape index (κ1) is 18.3. The molecule has 0 aliphatic carbocycles. The fourth-order valence-electron chi connectivity index (χ4n) is 2.00. The number of nitro groups is 1. The first-order valence-corrected chi connectivity index (χ1v) is 7.92. The third kappa shape index (κ3) is 5.49. The van der Waals surface area contributed by atoms with Gasteiger partial charge in [0.1, 0.15) is 5.75 Å². The number of nitro benzene ring substituents is 1. The molecule has 1 N–H and O–H groups in total. The van der Waals surface area contributed by atoms with Crippen molar-refractivity contribution in [2.24, 2.45) is 0 Å². The predicted octanol–water partition coefficient (Wildman–Crippen LogP) is 3.79. The Morgan fingerprint density at radius 3 is 2.52 bits per heavy atom. The Labute approximate surface area is 145 Å². The van der Waals surface area contributed by atoms with Gasteiger partial charge >= 0.3 is 5.69 Å². The van der Waals surface area contributed by atoms with Gasteiger partial charge in [0.05, 0.1) is 11.0 Å². The molecule has 0 aliphatic rings. The van der Waals surface area contributed by atoms with E-state index in [1.54, 1.807) is 30.3 Å². The molecule has 0 aromatic heterocycles. The number of para-hydroxylation sites is 2. The molecule has 0 spiro atoms. The minimum Gasteiger partial charge on any atom is -0.491 e. The second-order valence-electron chi connectivity index (χ2n) is 5.42. The van der Waals surface area contributed by atoms with E-state index in [4.69, 9.17) is 9.47 Å². The van der Waals surface area contributed by atoms with Crippen LogP contribution in [0.1, 0.15) is 20.3 Å². The van der Waals surface area contributed by atoms with Gasteiger partial charge in [-0.1, -0.05) is 19.1 Å². The molecule has 7 heteroatoms. The molecule has 2 rings (SSSR count). The van der Waals surface area contributed by atoms with E-state index in [2.05, 4.69) is 5.32 Å². The Bertz CT molecular complexity index is 731. The summed E-state index contributed by atoms with van der Waals surface area (Å²) in [6.45, 7) is 3.70. The molecule has 2 aromatic carbocycles. The number of hydrogen-bond acceptors (Lipinski definition) is 5. The molecule has 0 aliphatic heterocycles. The number of carbonyl (C=O) groups excluding carboxylic acids is 1. The quantitative estimate of drug-likeness (QED) is 0.581. The highest BCUT2D eigenvalue weighted by atomic mass is 16.6. The molecule has 25 heavy (non-hydrogen) atoms. The molecule has 0 heterocycles. The van der Waals surface area contributed by atoms with E-state index in [1.165, 1.54) is 18.2 Å². The van der Waals surface area contributed by atoms with Crippen molar-refractivity contribution in [2.75, 3.05) is 11.9 Å². The van der Waals surface area contributed by atoms with Gasteiger partial charge in [-0.25, -0.2) is 0 Å². The number of rotatable bonds is 8.